The summed E-state index contributed by atoms with van der Waals surface area (Å²) < 4.78 is 0. The first-order valence-electron chi connectivity index (χ1n) is 6.22. The van der Waals surface area contributed by atoms with Gasteiger partial charge < -0.3 is 4.90 Å². The van der Waals surface area contributed by atoms with Gasteiger partial charge in [0.2, 0.25) is 0 Å². The molecule has 1 aromatic rings. The van der Waals surface area contributed by atoms with Gasteiger partial charge in [-0.05, 0) is 37.6 Å². The monoisotopic (exact) mass is 241 g/mol. The zero-order chi connectivity index (χ0) is 13.2. The van der Waals surface area contributed by atoms with Gasteiger partial charge in [-0.15, -0.1) is 0 Å². The van der Waals surface area contributed by atoms with E-state index in [1.807, 2.05) is 42.7 Å². The second kappa shape index (κ2) is 8.08. The molecule has 1 aliphatic rings. The maximum atomic E-state index is 8.46. The molecule has 0 unspecified atom stereocenters. The molecule has 0 aromatic carbocycles. The third kappa shape index (κ3) is 4.84. The molecule has 0 saturated heterocycles. The molecule has 1 aliphatic heterocycles. The van der Waals surface area contributed by atoms with Crippen LogP contribution in [0.2, 0.25) is 0 Å². The highest BCUT2D eigenvalue weighted by Gasteiger charge is 1.99. The van der Waals surface area contributed by atoms with Crippen molar-refractivity contribution >= 4 is 0 Å². The normalized spacial score (nSPS) is 13.2. The number of likely N-dealkylation sites (N-methyl/N-ethyl adjacent to an activating group) is 1. The Morgan fingerprint density at radius 3 is 2.61 bits per heavy atom. The number of allylic oxidation sites excluding steroid dienone is 2. The van der Waals surface area contributed by atoms with E-state index in [1.165, 1.54) is 0 Å². The first-order valence-corrected chi connectivity index (χ1v) is 6.22. The standard InChI is InChI=1S/C8H10N2.C7H9N/c1-2-10-5-3-8(7-9)4-6-10;1-2-7-5-3-4-6-8-7/h3-5H,2,6H2,1H3;3-6H,2H2,1H3. The molecule has 0 atom stereocenters. The molecule has 94 valence electrons. The summed E-state index contributed by atoms with van der Waals surface area (Å²) >= 11 is 0. The topological polar surface area (TPSA) is 39.9 Å². The summed E-state index contributed by atoms with van der Waals surface area (Å²) in [7, 11) is 0. The van der Waals surface area contributed by atoms with Crippen LogP contribution in [-0.2, 0) is 6.42 Å². The van der Waals surface area contributed by atoms with E-state index in [4.69, 9.17) is 5.26 Å². The van der Waals surface area contributed by atoms with Crippen molar-refractivity contribution < 1.29 is 0 Å². The van der Waals surface area contributed by atoms with Crippen molar-refractivity contribution in [3.8, 4) is 6.07 Å². The Labute approximate surface area is 109 Å². The van der Waals surface area contributed by atoms with Gasteiger partial charge in [-0.3, -0.25) is 4.98 Å². The van der Waals surface area contributed by atoms with Crippen molar-refractivity contribution in [1.82, 2.24) is 9.88 Å². The van der Waals surface area contributed by atoms with Crippen LogP contribution in [0.3, 0.4) is 0 Å². The lowest BCUT2D eigenvalue weighted by atomic mass is 10.2. The van der Waals surface area contributed by atoms with E-state index in [0.29, 0.717) is 0 Å². The van der Waals surface area contributed by atoms with Gasteiger partial charge in [0.25, 0.3) is 0 Å². The molecule has 0 saturated carbocycles. The van der Waals surface area contributed by atoms with Crippen LogP contribution >= 0.6 is 0 Å². The van der Waals surface area contributed by atoms with Crippen LogP contribution in [0.1, 0.15) is 19.5 Å². The van der Waals surface area contributed by atoms with Gasteiger partial charge in [-0.2, -0.15) is 5.26 Å². The summed E-state index contributed by atoms with van der Waals surface area (Å²) in [5.74, 6) is 0. The fourth-order valence-corrected chi connectivity index (χ4v) is 1.45. The van der Waals surface area contributed by atoms with Gasteiger partial charge in [0.15, 0.2) is 0 Å². The molecule has 2 heterocycles. The van der Waals surface area contributed by atoms with E-state index in [0.717, 1.165) is 30.8 Å². The molecule has 0 radical (unpaired) electrons. The largest absolute Gasteiger partial charge is 0.374 e. The van der Waals surface area contributed by atoms with Gasteiger partial charge in [0.05, 0.1) is 11.6 Å². The van der Waals surface area contributed by atoms with Crippen LogP contribution in [-0.4, -0.2) is 23.0 Å². The highest BCUT2D eigenvalue weighted by atomic mass is 15.1. The zero-order valence-electron chi connectivity index (χ0n) is 11.0. The molecule has 3 heteroatoms. The Kier molecular flexibility index (Phi) is 6.27. The molecule has 0 fully saturated rings. The summed E-state index contributed by atoms with van der Waals surface area (Å²) in [6.07, 6.45) is 8.58. The summed E-state index contributed by atoms with van der Waals surface area (Å²) in [5, 5.41) is 8.46. The van der Waals surface area contributed by atoms with Gasteiger partial charge in [-0.25, -0.2) is 0 Å². The number of pyridine rings is 1. The smallest absolute Gasteiger partial charge is 0.0989 e. The summed E-state index contributed by atoms with van der Waals surface area (Å²) in [5.41, 5.74) is 1.93. The van der Waals surface area contributed by atoms with Crippen molar-refractivity contribution in [2.75, 3.05) is 13.1 Å². The molecule has 3 nitrogen and oxygen atoms in total. The molecular weight excluding hydrogens is 222 g/mol. The second-order valence-corrected chi connectivity index (χ2v) is 3.85. The van der Waals surface area contributed by atoms with Crippen LogP contribution in [0, 0.1) is 11.3 Å². The molecule has 2 rings (SSSR count). The first kappa shape index (κ1) is 14.0. The Bertz CT molecular complexity index is 441. The lowest BCUT2D eigenvalue weighted by molar-refractivity contribution is 0.434. The van der Waals surface area contributed by atoms with Crippen LogP contribution in [0.4, 0.5) is 0 Å². The van der Waals surface area contributed by atoms with Crippen LogP contribution in [0.15, 0.2) is 48.3 Å². The van der Waals surface area contributed by atoms with E-state index in [1.54, 1.807) is 0 Å². The minimum Gasteiger partial charge on any atom is -0.374 e. The first-order chi connectivity index (χ1) is 8.80. The average Bonchev–Trinajstić information content (AvgIpc) is 2.49. The van der Waals surface area contributed by atoms with Crippen molar-refractivity contribution in [2.45, 2.75) is 20.3 Å². The number of hydrogen-bond donors (Lipinski definition) is 0. The highest BCUT2D eigenvalue weighted by Crippen LogP contribution is 2.04. The lowest BCUT2D eigenvalue weighted by Gasteiger charge is -2.18. The van der Waals surface area contributed by atoms with E-state index in [2.05, 4.69) is 29.8 Å². The van der Waals surface area contributed by atoms with E-state index >= 15 is 0 Å². The number of aryl methyl sites for hydroxylation is 1. The fraction of sp³-hybridized carbons (Fsp3) is 0.333. The third-order valence-electron chi connectivity index (χ3n) is 2.63. The molecule has 0 amide bonds. The zero-order valence-corrected chi connectivity index (χ0v) is 11.0. The predicted octanol–water partition coefficient (Wildman–Crippen LogP) is 2.93. The van der Waals surface area contributed by atoms with Crippen molar-refractivity contribution in [3.63, 3.8) is 0 Å². The number of aromatic nitrogens is 1. The fourth-order valence-electron chi connectivity index (χ4n) is 1.45. The summed E-state index contributed by atoms with van der Waals surface area (Å²) in [4.78, 5) is 6.24. The molecular formula is C15H19N3. The van der Waals surface area contributed by atoms with Gasteiger partial charge in [0.1, 0.15) is 0 Å². The maximum Gasteiger partial charge on any atom is 0.0989 e. The highest BCUT2D eigenvalue weighted by molar-refractivity contribution is 5.34. The van der Waals surface area contributed by atoms with E-state index in [9.17, 15) is 0 Å². The Morgan fingerprint density at radius 1 is 1.39 bits per heavy atom. The molecule has 0 bridgehead atoms. The van der Waals surface area contributed by atoms with Gasteiger partial charge >= 0.3 is 0 Å². The second-order valence-electron chi connectivity index (χ2n) is 3.85. The molecule has 18 heavy (non-hydrogen) atoms. The van der Waals surface area contributed by atoms with E-state index < -0.39 is 0 Å². The Balaban J connectivity index is 0.000000184. The van der Waals surface area contributed by atoms with Gasteiger partial charge in [-0.1, -0.05) is 13.0 Å². The number of nitrogens with zero attached hydrogens (tertiary/aromatic N) is 3. The third-order valence-corrected chi connectivity index (χ3v) is 2.63. The number of hydrogen-bond acceptors (Lipinski definition) is 3. The maximum absolute atomic E-state index is 8.46. The van der Waals surface area contributed by atoms with E-state index in [-0.39, 0.29) is 0 Å². The lowest BCUT2D eigenvalue weighted by Crippen LogP contribution is -2.18. The molecule has 1 aromatic heterocycles. The van der Waals surface area contributed by atoms with Crippen molar-refractivity contribution in [1.29, 1.82) is 5.26 Å². The quantitative estimate of drug-likeness (QED) is 0.799. The van der Waals surface area contributed by atoms with Crippen LogP contribution in [0.25, 0.3) is 0 Å². The Hall–Kier alpha value is -2.08. The molecule has 0 N–H and O–H groups in total. The van der Waals surface area contributed by atoms with Crippen LogP contribution in [0.5, 0.6) is 0 Å². The summed E-state index contributed by atoms with van der Waals surface area (Å²) in [6.45, 7) is 6.07. The van der Waals surface area contributed by atoms with Gasteiger partial charge in [0, 0.05) is 31.2 Å². The Morgan fingerprint density at radius 2 is 2.22 bits per heavy atom. The molecule has 0 aliphatic carbocycles. The van der Waals surface area contributed by atoms with Crippen molar-refractivity contribution in [3.05, 3.63) is 54.0 Å². The molecule has 0 spiro atoms. The number of rotatable bonds is 2. The summed E-state index contributed by atoms with van der Waals surface area (Å²) in [6, 6.07) is 8.06. The minimum atomic E-state index is 0.768. The van der Waals surface area contributed by atoms with Crippen molar-refractivity contribution in [2.24, 2.45) is 0 Å². The number of nitriles is 1. The minimum absolute atomic E-state index is 0.768. The average molecular weight is 241 g/mol. The SMILES string of the molecule is CCN1C=CC(C#N)=CC1.CCc1ccccn1. The van der Waals surface area contributed by atoms with Crippen LogP contribution < -0.4 is 0 Å². The predicted molar refractivity (Wildman–Crippen MR) is 73.7 cm³/mol.